The van der Waals surface area contributed by atoms with Crippen LogP contribution >= 0.6 is 11.6 Å². The van der Waals surface area contributed by atoms with Gasteiger partial charge < -0.3 is 20.1 Å². The Morgan fingerprint density at radius 2 is 1.86 bits per heavy atom. The molecule has 2 heterocycles. The number of para-hydroxylation sites is 1. The van der Waals surface area contributed by atoms with Crippen molar-refractivity contribution in [1.82, 2.24) is 19.4 Å². The fraction of sp³-hybridized carbons (Fsp3) is 0.125. The summed E-state index contributed by atoms with van der Waals surface area (Å²) < 4.78 is 15.5. The number of hydrogen-bond donors (Lipinski definition) is 3. The first-order valence-electron chi connectivity index (χ1n) is 13.5. The molecule has 0 aliphatic heterocycles. The second-order valence-corrected chi connectivity index (χ2v) is 10.4. The molecule has 0 saturated carbocycles. The predicted molar refractivity (Wildman–Crippen MR) is 172 cm³/mol. The molecule has 1 amide bonds. The molecule has 3 N–H and O–H groups in total. The Hall–Kier alpha value is -5.06. The Bertz CT molecular complexity index is 1780. The number of hydrazone groups is 1. The van der Waals surface area contributed by atoms with Gasteiger partial charge in [-0.05, 0) is 56.1 Å². The number of amides is 1. The van der Waals surface area contributed by atoms with Crippen molar-refractivity contribution in [2.45, 2.75) is 6.54 Å². The smallest absolute Gasteiger partial charge is 0.248 e. The van der Waals surface area contributed by atoms with Gasteiger partial charge in [-0.1, -0.05) is 54.1 Å². The van der Waals surface area contributed by atoms with Crippen LogP contribution in [0.2, 0.25) is 5.02 Å². The largest absolute Gasteiger partial charge is 0.342 e. The Morgan fingerprint density at radius 1 is 1.07 bits per heavy atom. The summed E-state index contributed by atoms with van der Waals surface area (Å²) in [5, 5.41) is 11.7. The zero-order valence-corrected chi connectivity index (χ0v) is 24.4. The predicted octanol–water partition coefficient (Wildman–Crippen LogP) is 6.52. The minimum atomic E-state index is -0.260. The normalized spacial score (nSPS) is 11.6. The van der Waals surface area contributed by atoms with E-state index in [4.69, 9.17) is 11.6 Å². The lowest BCUT2D eigenvalue weighted by molar-refractivity contribution is -0.111. The van der Waals surface area contributed by atoms with E-state index in [2.05, 4.69) is 35.7 Å². The number of likely N-dealkylation sites (N-methyl/N-ethyl adjacent to an activating group) is 1. The number of halogens is 2. The Labute approximate surface area is 253 Å². The highest BCUT2D eigenvalue weighted by Gasteiger charge is 2.09. The summed E-state index contributed by atoms with van der Waals surface area (Å²) >= 11 is 6.37. The van der Waals surface area contributed by atoms with Crippen LogP contribution in [0.25, 0.3) is 10.9 Å². The Balaban J connectivity index is 1.27. The fourth-order valence-electron chi connectivity index (χ4n) is 4.33. The van der Waals surface area contributed by atoms with Crippen LogP contribution in [0.4, 0.5) is 27.5 Å². The van der Waals surface area contributed by atoms with Gasteiger partial charge in [0.25, 0.3) is 0 Å². The van der Waals surface area contributed by atoms with E-state index >= 15 is 0 Å². The van der Waals surface area contributed by atoms with Crippen LogP contribution in [-0.4, -0.2) is 52.2 Å². The molecule has 11 heteroatoms. The van der Waals surface area contributed by atoms with Crippen molar-refractivity contribution >= 4 is 57.8 Å². The molecule has 5 rings (SSSR count). The van der Waals surface area contributed by atoms with E-state index in [-0.39, 0.29) is 17.7 Å². The second kappa shape index (κ2) is 13.7. The number of carbonyl (C=O) groups excluding carboxylic acids is 1. The van der Waals surface area contributed by atoms with Crippen LogP contribution in [0.1, 0.15) is 11.1 Å². The molecule has 43 heavy (non-hydrogen) atoms. The van der Waals surface area contributed by atoms with E-state index in [1.807, 2.05) is 61.6 Å². The van der Waals surface area contributed by atoms with Crippen LogP contribution in [0.15, 0.2) is 102 Å². The molecule has 3 aromatic carbocycles. The number of fused-ring (bicyclic) bond motifs is 1. The standard InChI is InChI=1S/C32H30ClFN8O/c1-41(2)16-6-11-30(43)37-25-7-5-8-26(17-25)38-31-28(33)19-35-32(39-31)40-36-18-23-21-42(29-10-4-3-9-27(23)29)20-22-12-14-24(34)15-13-22/h3-15,17-19,21H,16,20H2,1-2H3,(H,37,43)(H2,35,38,39,40)/b11-6+,36-18+. The molecule has 5 aromatic rings. The number of benzene rings is 3. The minimum Gasteiger partial charge on any atom is -0.342 e. The average Bonchev–Trinajstić information content (AvgIpc) is 3.33. The molecule has 0 bridgehead atoms. The first-order chi connectivity index (χ1) is 20.8. The SMILES string of the molecule is CN(C)C/C=C/C(=O)Nc1cccc(Nc2nc(N/N=C/c3cn(Cc4ccc(F)cc4)c4ccccc34)ncc2Cl)c1. The molecule has 0 aliphatic carbocycles. The molecule has 0 radical (unpaired) electrons. The number of nitrogens with zero attached hydrogens (tertiary/aromatic N) is 5. The highest BCUT2D eigenvalue weighted by molar-refractivity contribution is 6.32. The molecule has 0 spiro atoms. The van der Waals surface area contributed by atoms with Gasteiger partial charge in [0.15, 0.2) is 5.82 Å². The maximum Gasteiger partial charge on any atom is 0.248 e. The minimum absolute atomic E-state index is 0.220. The van der Waals surface area contributed by atoms with E-state index in [9.17, 15) is 9.18 Å². The maximum absolute atomic E-state index is 13.4. The maximum atomic E-state index is 13.4. The fourth-order valence-corrected chi connectivity index (χ4v) is 4.47. The summed E-state index contributed by atoms with van der Waals surface area (Å²) in [7, 11) is 3.86. The molecule has 2 aromatic heterocycles. The summed E-state index contributed by atoms with van der Waals surface area (Å²) in [5.74, 6) is 0.138. The van der Waals surface area contributed by atoms with Crippen LogP contribution in [0.5, 0.6) is 0 Å². The zero-order valence-electron chi connectivity index (χ0n) is 23.6. The van der Waals surface area contributed by atoms with Crippen molar-refractivity contribution in [3.8, 4) is 0 Å². The van der Waals surface area contributed by atoms with Crippen LogP contribution in [0.3, 0.4) is 0 Å². The topological polar surface area (TPSA) is 99.5 Å². The van der Waals surface area contributed by atoms with Gasteiger partial charge in [-0.25, -0.2) is 14.8 Å². The van der Waals surface area contributed by atoms with E-state index < -0.39 is 0 Å². The first kappa shape index (κ1) is 29.4. The molecule has 0 atom stereocenters. The van der Waals surface area contributed by atoms with Gasteiger partial charge in [0.05, 0.1) is 12.4 Å². The van der Waals surface area contributed by atoms with Crippen LogP contribution < -0.4 is 16.1 Å². The lowest BCUT2D eigenvalue weighted by Gasteiger charge is -2.10. The van der Waals surface area contributed by atoms with Crippen molar-refractivity contribution in [3.05, 3.63) is 119 Å². The van der Waals surface area contributed by atoms with Gasteiger partial charge in [-0.3, -0.25) is 4.79 Å². The molecular formula is C32H30ClFN8O. The highest BCUT2D eigenvalue weighted by atomic mass is 35.5. The van der Waals surface area contributed by atoms with Crippen molar-refractivity contribution < 1.29 is 9.18 Å². The average molecular weight is 597 g/mol. The number of rotatable bonds is 11. The van der Waals surface area contributed by atoms with Crippen LogP contribution in [-0.2, 0) is 11.3 Å². The van der Waals surface area contributed by atoms with E-state index in [1.54, 1.807) is 36.6 Å². The third-order valence-electron chi connectivity index (χ3n) is 6.33. The van der Waals surface area contributed by atoms with Crippen molar-refractivity contribution in [3.63, 3.8) is 0 Å². The summed E-state index contributed by atoms with van der Waals surface area (Å²) in [6.45, 7) is 1.26. The van der Waals surface area contributed by atoms with Gasteiger partial charge in [-0.15, -0.1) is 0 Å². The number of aromatic nitrogens is 3. The summed E-state index contributed by atoms with van der Waals surface area (Å²) in [6.07, 6.45) is 8.47. The molecular weight excluding hydrogens is 567 g/mol. The molecule has 9 nitrogen and oxygen atoms in total. The number of carbonyl (C=O) groups is 1. The summed E-state index contributed by atoms with van der Waals surface area (Å²) in [4.78, 5) is 22.9. The third-order valence-corrected chi connectivity index (χ3v) is 6.61. The molecule has 0 unspecified atom stereocenters. The number of nitrogens with one attached hydrogen (secondary N) is 3. The van der Waals surface area contributed by atoms with Crippen molar-refractivity contribution in [2.24, 2.45) is 5.10 Å². The lowest BCUT2D eigenvalue weighted by atomic mass is 10.2. The highest BCUT2D eigenvalue weighted by Crippen LogP contribution is 2.26. The van der Waals surface area contributed by atoms with Crippen LogP contribution in [0, 0.1) is 5.82 Å². The van der Waals surface area contributed by atoms with Gasteiger partial charge in [0.2, 0.25) is 11.9 Å². The number of hydrogen-bond acceptors (Lipinski definition) is 7. The molecule has 0 aliphatic rings. The van der Waals surface area contributed by atoms with Crippen molar-refractivity contribution in [2.75, 3.05) is 36.7 Å². The van der Waals surface area contributed by atoms with E-state index in [0.29, 0.717) is 35.3 Å². The summed E-state index contributed by atoms with van der Waals surface area (Å²) in [6, 6.07) is 21.7. The Kier molecular flexibility index (Phi) is 9.40. The van der Waals surface area contributed by atoms with E-state index in [0.717, 1.165) is 22.0 Å². The van der Waals surface area contributed by atoms with Gasteiger partial charge in [0.1, 0.15) is 10.8 Å². The van der Waals surface area contributed by atoms with E-state index in [1.165, 1.54) is 24.4 Å². The van der Waals surface area contributed by atoms with Gasteiger partial charge in [0, 0.05) is 53.2 Å². The quantitative estimate of drug-likeness (QED) is 0.0912. The summed E-state index contributed by atoms with van der Waals surface area (Å²) in [5.41, 5.74) is 7.09. The van der Waals surface area contributed by atoms with Gasteiger partial charge in [-0.2, -0.15) is 10.1 Å². The first-order valence-corrected chi connectivity index (χ1v) is 13.8. The molecule has 218 valence electrons. The third kappa shape index (κ3) is 8.03. The van der Waals surface area contributed by atoms with Gasteiger partial charge >= 0.3 is 0 Å². The lowest BCUT2D eigenvalue weighted by Crippen LogP contribution is -2.13. The van der Waals surface area contributed by atoms with Crippen molar-refractivity contribution in [1.29, 1.82) is 0 Å². The molecule has 0 saturated heterocycles. The molecule has 0 fully saturated rings. The Morgan fingerprint density at radius 3 is 2.67 bits per heavy atom. The zero-order chi connectivity index (χ0) is 30.2. The monoisotopic (exact) mass is 596 g/mol. The number of anilines is 4. The second-order valence-electron chi connectivity index (χ2n) is 9.98.